The summed E-state index contributed by atoms with van der Waals surface area (Å²) in [6.45, 7) is 1.78. The number of nitrogens with one attached hydrogen (secondary N) is 2. The van der Waals surface area contributed by atoms with Crippen molar-refractivity contribution in [3.63, 3.8) is 0 Å². The molecule has 1 aliphatic carbocycles. The molecule has 3 aromatic rings. The van der Waals surface area contributed by atoms with Crippen LogP contribution in [0, 0.1) is 0 Å². The number of hydrogen-bond acceptors (Lipinski definition) is 5. The van der Waals surface area contributed by atoms with E-state index >= 15 is 0 Å². The number of carbonyl (C=O) groups excluding carboxylic acids is 3. The summed E-state index contributed by atoms with van der Waals surface area (Å²) in [5.74, 6) is -0.926. The fraction of sp³-hybridized carbons (Fsp3) is 0.333. The van der Waals surface area contributed by atoms with Crippen molar-refractivity contribution in [2.45, 2.75) is 51.1 Å². The van der Waals surface area contributed by atoms with Crippen molar-refractivity contribution in [3.05, 3.63) is 82.3 Å². The Morgan fingerprint density at radius 3 is 2.57 bits per heavy atom. The Morgan fingerprint density at radius 2 is 1.89 bits per heavy atom. The molecule has 2 aromatic heterocycles. The van der Waals surface area contributed by atoms with E-state index in [0.717, 1.165) is 31.2 Å². The summed E-state index contributed by atoms with van der Waals surface area (Å²) >= 11 is 1.31. The summed E-state index contributed by atoms with van der Waals surface area (Å²) in [6.07, 6.45) is 7.98. The summed E-state index contributed by atoms with van der Waals surface area (Å²) in [5.41, 5.74) is 2.21. The third-order valence-corrected chi connectivity index (χ3v) is 7.12. The number of anilines is 1. The number of benzene rings is 1. The number of carbonyl (C=O) groups is 3. The van der Waals surface area contributed by atoms with Crippen LogP contribution in [0.2, 0.25) is 0 Å². The molecule has 182 valence electrons. The molecule has 1 atom stereocenters. The van der Waals surface area contributed by atoms with Crippen molar-refractivity contribution in [1.29, 1.82) is 0 Å². The van der Waals surface area contributed by atoms with Gasteiger partial charge in [-0.1, -0.05) is 50.1 Å². The lowest BCUT2D eigenvalue weighted by molar-refractivity contribution is -0.126. The average Bonchev–Trinajstić information content (AvgIpc) is 3.61. The Bertz CT molecular complexity index is 1140. The zero-order valence-electron chi connectivity index (χ0n) is 19.8. The van der Waals surface area contributed by atoms with E-state index in [2.05, 4.69) is 15.6 Å². The predicted octanol–water partition coefficient (Wildman–Crippen LogP) is 4.27. The third-order valence-electron chi connectivity index (χ3n) is 6.25. The van der Waals surface area contributed by atoms with Crippen LogP contribution in [0.15, 0.2) is 66.3 Å². The zero-order chi connectivity index (χ0) is 24.6. The molecule has 0 unspecified atom stereocenters. The Morgan fingerprint density at radius 1 is 1.09 bits per heavy atom. The maximum Gasteiger partial charge on any atom is 0.261 e. The van der Waals surface area contributed by atoms with Crippen molar-refractivity contribution in [2.75, 3.05) is 11.4 Å². The van der Waals surface area contributed by atoms with Gasteiger partial charge in [0.15, 0.2) is 0 Å². The number of hydrogen-bond donors (Lipinski definition) is 2. The highest BCUT2D eigenvalue weighted by Crippen LogP contribution is 2.31. The van der Waals surface area contributed by atoms with Gasteiger partial charge in [0.1, 0.15) is 6.04 Å². The topological polar surface area (TPSA) is 91.4 Å². The summed E-state index contributed by atoms with van der Waals surface area (Å²) < 4.78 is 0. The fourth-order valence-electron chi connectivity index (χ4n) is 4.50. The molecule has 0 saturated heterocycles. The van der Waals surface area contributed by atoms with Gasteiger partial charge in [0.25, 0.3) is 5.91 Å². The highest BCUT2D eigenvalue weighted by atomic mass is 32.1. The van der Waals surface area contributed by atoms with Crippen LogP contribution in [0.1, 0.15) is 59.4 Å². The molecular weight excluding hydrogens is 460 g/mol. The van der Waals surface area contributed by atoms with Gasteiger partial charge in [-0.3, -0.25) is 24.3 Å². The van der Waals surface area contributed by atoms with Gasteiger partial charge in [-0.15, -0.1) is 11.3 Å². The van der Waals surface area contributed by atoms with E-state index in [9.17, 15) is 14.4 Å². The first-order valence-corrected chi connectivity index (χ1v) is 12.9. The van der Waals surface area contributed by atoms with Gasteiger partial charge in [-0.05, 0) is 48.4 Å². The molecule has 1 saturated carbocycles. The zero-order valence-corrected chi connectivity index (χ0v) is 20.6. The minimum atomic E-state index is -0.914. The molecule has 8 heteroatoms. The quantitative estimate of drug-likeness (QED) is 0.469. The second-order valence-electron chi connectivity index (χ2n) is 8.58. The van der Waals surface area contributed by atoms with Gasteiger partial charge in [-0.25, -0.2) is 0 Å². The van der Waals surface area contributed by atoms with E-state index in [1.807, 2.05) is 42.6 Å². The normalized spacial score (nSPS) is 14.3. The molecule has 7 nitrogen and oxygen atoms in total. The highest BCUT2D eigenvalue weighted by Gasteiger charge is 2.35. The lowest BCUT2D eigenvalue weighted by Gasteiger charge is -2.33. The van der Waals surface area contributed by atoms with Crippen LogP contribution in [0.4, 0.5) is 5.69 Å². The number of thiophene rings is 1. The largest absolute Gasteiger partial charge is 0.351 e. The number of pyridine rings is 1. The van der Waals surface area contributed by atoms with Crippen LogP contribution >= 0.6 is 11.3 Å². The van der Waals surface area contributed by atoms with E-state index in [-0.39, 0.29) is 30.3 Å². The number of para-hydroxylation sites is 1. The van der Waals surface area contributed by atoms with Crippen LogP contribution in [-0.4, -0.2) is 35.3 Å². The average molecular weight is 491 g/mol. The molecular formula is C27H30N4O3S. The summed E-state index contributed by atoms with van der Waals surface area (Å²) in [6, 6.07) is 13.8. The van der Waals surface area contributed by atoms with E-state index in [1.165, 1.54) is 16.2 Å². The van der Waals surface area contributed by atoms with Crippen LogP contribution in [0.3, 0.4) is 0 Å². The highest BCUT2D eigenvalue weighted by molar-refractivity contribution is 7.12. The molecule has 0 spiro atoms. The lowest BCUT2D eigenvalue weighted by atomic mass is 10.0. The Labute approximate surface area is 209 Å². The van der Waals surface area contributed by atoms with Crippen LogP contribution in [0.5, 0.6) is 0 Å². The van der Waals surface area contributed by atoms with E-state index in [0.29, 0.717) is 22.5 Å². The predicted molar refractivity (Wildman–Crippen MR) is 137 cm³/mol. The maximum atomic E-state index is 13.8. The molecule has 3 amide bonds. The minimum absolute atomic E-state index is 0.0959. The monoisotopic (exact) mass is 490 g/mol. The number of aromatic nitrogens is 1. The molecule has 1 aromatic carbocycles. The molecule has 1 fully saturated rings. The summed E-state index contributed by atoms with van der Waals surface area (Å²) in [4.78, 5) is 46.3. The molecule has 0 bridgehead atoms. The third kappa shape index (κ3) is 5.95. The van der Waals surface area contributed by atoms with E-state index < -0.39 is 6.04 Å². The first-order valence-electron chi connectivity index (χ1n) is 12.0. The standard InChI is InChI=1S/C27H30N4O3S/c1-2-19-9-3-6-13-22(19)31(24(32)18-29-26(33)23-14-8-16-35-23)25(20-10-7-15-28-17-20)27(34)30-21-11-4-5-12-21/h3,6-10,13-17,21,25H,2,4-5,11-12,18H2,1H3,(H,29,33)(H,30,34)/t25-/m1/s1. The number of amides is 3. The van der Waals surface area contributed by atoms with Crippen molar-refractivity contribution < 1.29 is 14.4 Å². The van der Waals surface area contributed by atoms with Gasteiger partial charge in [0.05, 0.1) is 11.4 Å². The van der Waals surface area contributed by atoms with Crippen LogP contribution < -0.4 is 15.5 Å². The molecule has 0 aliphatic heterocycles. The second kappa shape index (κ2) is 11.8. The smallest absolute Gasteiger partial charge is 0.261 e. The summed E-state index contributed by atoms with van der Waals surface area (Å²) in [5, 5.41) is 7.70. The molecule has 2 heterocycles. The number of rotatable bonds is 9. The van der Waals surface area contributed by atoms with Gasteiger partial charge in [0, 0.05) is 29.7 Å². The Kier molecular flexibility index (Phi) is 8.26. The molecule has 4 rings (SSSR count). The van der Waals surface area contributed by atoms with Crippen LogP contribution in [0.25, 0.3) is 0 Å². The molecule has 2 N–H and O–H groups in total. The van der Waals surface area contributed by atoms with Gasteiger partial charge in [-0.2, -0.15) is 0 Å². The van der Waals surface area contributed by atoms with E-state index in [1.54, 1.807) is 30.6 Å². The minimum Gasteiger partial charge on any atom is -0.351 e. The van der Waals surface area contributed by atoms with Crippen molar-refractivity contribution in [3.8, 4) is 0 Å². The first-order chi connectivity index (χ1) is 17.1. The lowest BCUT2D eigenvalue weighted by Crippen LogP contribution is -2.49. The Balaban J connectivity index is 1.70. The van der Waals surface area contributed by atoms with Crippen LogP contribution in [-0.2, 0) is 16.0 Å². The van der Waals surface area contributed by atoms with Gasteiger partial charge in [0.2, 0.25) is 11.8 Å². The summed E-state index contributed by atoms with van der Waals surface area (Å²) in [7, 11) is 0. The number of aryl methyl sites for hydroxylation is 1. The van der Waals surface area contributed by atoms with E-state index in [4.69, 9.17) is 0 Å². The number of nitrogens with zero attached hydrogens (tertiary/aromatic N) is 2. The first kappa shape index (κ1) is 24.6. The molecule has 1 aliphatic rings. The Hall–Kier alpha value is -3.52. The molecule has 35 heavy (non-hydrogen) atoms. The van der Waals surface area contributed by atoms with Crippen molar-refractivity contribution >= 4 is 34.7 Å². The maximum absolute atomic E-state index is 13.8. The fourth-order valence-corrected chi connectivity index (χ4v) is 5.14. The van der Waals surface area contributed by atoms with Gasteiger partial charge < -0.3 is 10.6 Å². The van der Waals surface area contributed by atoms with Gasteiger partial charge >= 0.3 is 0 Å². The second-order valence-corrected chi connectivity index (χ2v) is 9.53. The van der Waals surface area contributed by atoms with Crippen molar-refractivity contribution in [2.24, 2.45) is 0 Å². The SMILES string of the molecule is CCc1ccccc1N(C(=O)CNC(=O)c1cccs1)[C@@H](C(=O)NC1CCCC1)c1cccnc1. The molecule has 0 radical (unpaired) electrons. The van der Waals surface area contributed by atoms with Crippen molar-refractivity contribution in [1.82, 2.24) is 15.6 Å².